The highest BCUT2D eigenvalue weighted by molar-refractivity contribution is 7.98. The quantitative estimate of drug-likeness (QED) is 0.217. The zero-order valence-electron chi connectivity index (χ0n) is 19.5. The molecule has 0 radical (unpaired) electrons. The zero-order chi connectivity index (χ0) is 24.4. The molecule has 3 aromatic carbocycles. The van der Waals surface area contributed by atoms with Gasteiger partial charge in [0.15, 0.2) is 11.0 Å². The first-order valence-corrected chi connectivity index (χ1v) is 11.9. The number of ether oxygens (including phenoxy) is 2. The van der Waals surface area contributed by atoms with Crippen LogP contribution in [0.15, 0.2) is 87.2 Å². The first-order valence-electron chi connectivity index (χ1n) is 11.0. The van der Waals surface area contributed by atoms with Crippen LogP contribution in [-0.2, 0) is 5.75 Å². The number of benzene rings is 3. The van der Waals surface area contributed by atoms with Gasteiger partial charge in [0, 0.05) is 34.5 Å². The molecule has 0 unspecified atom stereocenters. The van der Waals surface area contributed by atoms with Crippen molar-refractivity contribution in [2.24, 2.45) is 0 Å². The van der Waals surface area contributed by atoms with Crippen molar-refractivity contribution in [3.8, 4) is 28.6 Å². The predicted octanol–water partition coefficient (Wildman–Crippen LogP) is 5.66. The molecule has 0 bridgehead atoms. The van der Waals surface area contributed by atoms with Gasteiger partial charge in [0.1, 0.15) is 17.1 Å². The van der Waals surface area contributed by atoms with Crippen LogP contribution in [-0.4, -0.2) is 29.0 Å². The molecule has 0 spiro atoms. The minimum absolute atomic E-state index is 0.403. The third kappa shape index (κ3) is 4.65. The fourth-order valence-electron chi connectivity index (χ4n) is 3.82. The van der Waals surface area contributed by atoms with E-state index in [1.165, 1.54) is 23.4 Å². The molecule has 0 aliphatic rings. The van der Waals surface area contributed by atoms with Crippen molar-refractivity contribution < 1.29 is 13.9 Å². The number of aromatic nitrogens is 3. The van der Waals surface area contributed by atoms with Crippen LogP contribution in [0.1, 0.15) is 11.1 Å². The molecule has 0 saturated heterocycles. The standard InChI is InChI=1S/C27H23N3O4S/c1-17-4-8-20(9-5-17)30-26(18-6-10-21(32-2)11-7-18)28-29-27(30)35-16-19-14-25(31)34-24-15-22(33-3)12-13-23(19)24/h4-15H,16H2,1-3H3. The molecule has 5 rings (SSSR count). The summed E-state index contributed by atoms with van der Waals surface area (Å²) in [6, 6.07) is 23.0. The van der Waals surface area contributed by atoms with Crippen molar-refractivity contribution in [1.82, 2.24) is 14.8 Å². The molecule has 5 aromatic rings. The molecule has 0 aliphatic heterocycles. The summed E-state index contributed by atoms with van der Waals surface area (Å²) >= 11 is 1.51. The summed E-state index contributed by atoms with van der Waals surface area (Å²) in [6.07, 6.45) is 0. The van der Waals surface area contributed by atoms with Gasteiger partial charge in [-0.3, -0.25) is 4.57 Å². The lowest BCUT2D eigenvalue weighted by Gasteiger charge is -2.12. The van der Waals surface area contributed by atoms with Gasteiger partial charge in [-0.05, 0) is 61.0 Å². The minimum atomic E-state index is -0.403. The third-order valence-corrected chi connectivity index (χ3v) is 6.65. The molecular formula is C27H23N3O4S. The fourth-order valence-corrected chi connectivity index (χ4v) is 4.76. The average molecular weight is 486 g/mol. The maximum atomic E-state index is 12.2. The number of aryl methyl sites for hydroxylation is 1. The van der Waals surface area contributed by atoms with Gasteiger partial charge < -0.3 is 13.9 Å². The Labute approximate surface area is 206 Å². The molecule has 2 aromatic heterocycles. The lowest BCUT2D eigenvalue weighted by atomic mass is 10.1. The highest BCUT2D eigenvalue weighted by atomic mass is 32.2. The molecule has 2 heterocycles. The molecule has 0 atom stereocenters. The number of hydrogen-bond acceptors (Lipinski definition) is 7. The third-order valence-electron chi connectivity index (χ3n) is 5.67. The second kappa shape index (κ2) is 9.68. The average Bonchev–Trinajstić information content (AvgIpc) is 3.31. The van der Waals surface area contributed by atoms with Crippen molar-refractivity contribution in [3.05, 3.63) is 94.3 Å². The van der Waals surface area contributed by atoms with Crippen LogP contribution in [0.25, 0.3) is 28.0 Å². The van der Waals surface area contributed by atoms with Crippen molar-refractivity contribution in [1.29, 1.82) is 0 Å². The second-order valence-electron chi connectivity index (χ2n) is 7.95. The van der Waals surface area contributed by atoms with Gasteiger partial charge in [0.05, 0.1) is 14.2 Å². The molecule has 0 fully saturated rings. The normalized spacial score (nSPS) is 11.1. The molecule has 176 valence electrons. The summed E-state index contributed by atoms with van der Waals surface area (Å²) in [5.74, 6) is 2.65. The molecule has 0 N–H and O–H groups in total. The molecule has 0 saturated carbocycles. The van der Waals surface area contributed by atoms with Crippen molar-refractivity contribution in [3.63, 3.8) is 0 Å². The lowest BCUT2D eigenvalue weighted by molar-refractivity contribution is 0.414. The van der Waals surface area contributed by atoms with Crippen LogP contribution in [0.4, 0.5) is 0 Å². The molecule has 0 aliphatic carbocycles. The van der Waals surface area contributed by atoms with Crippen LogP contribution in [0.5, 0.6) is 11.5 Å². The molecule has 35 heavy (non-hydrogen) atoms. The summed E-state index contributed by atoms with van der Waals surface area (Å²) in [5, 5.41) is 10.6. The van der Waals surface area contributed by atoms with E-state index in [-0.39, 0.29) is 0 Å². The summed E-state index contributed by atoms with van der Waals surface area (Å²) < 4.78 is 18.0. The number of methoxy groups -OCH3 is 2. The van der Waals surface area contributed by atoms with Gasteiger partial charge in [0.2, 0.25) is 0 Å². The van der Waals surface area contributed by atoms with Crippen LogP contribution < -0.4 is 15.1 Å². The molecular weight excluding hydrogens is 462 g/mol. The maximum absolute atomic E-state index is 12.2. The van der Waals surface area contributed by atoms with E-state index in [4.69, 9.17) is 13.9 Å². The summed E-state index contributed by atoms with van der Waals surface area (Å²) in [5.41, 5.74) is 3.99. The zero-order valence-corrected chi connectivity index (χ0v) is 20.3. The molecule has 8 heteroatoms. The van der Waals surface area contributed by atoms with E-state index in [0.717, 1.165) is 38.9 Å². The number of nitrogens with zero attached hydrogens (tertiary/aromatic N) is 3. The van der Waals surface area contributed by atoms with Crippen molar-refractivity contribution in [2.75, 3.05) is 14.2 Å². The number of fused-ring (bicyclic) bond motifs is 1. The fraction of sp³-hybridized carbons (Fsp3) is 0.148. The Morgan fingerprint density at radius 3 is 2.31 bits per heavy atom. The van der Waals surface area contributed by atoms with Crippen LogP contribution in [0.2, 0.25) is 0 Å². The minimum Gasteiger partial charge on any atom is -0.497 e. The monoisotopic (exact) mass is 485 g/mol. The summed E-state index contributed by atoms with van der Waals surface area (Å²) in [7, 11) is 3.22. The van der Waals surface area contributed by atoms with E-state index in [2.05, 4.69) is 41.4 Å². The topological polar surface area (TPSA) is 79.4 Å². The van der Waals surface area contributed by atoms with E-state index in [1.807, 2.05) is 41.0 Å². The second-order valence-corrected chi connectivity index (χ2v) is 8.89. The van der Waals surface area contributed by atoms with Gasteiger partial charge >= 0.3 is 5.63 Å². The number of rotatable bonds is 7. The lowest BCUT2D eigenvalue weighted by Crippen LogP contribution is -2.02. The van der Waals surface area contributed by atoms with E-state index in [1.54, 1.807) is 20.3 Å². The van der Waals surface area contributed by atoms with Gasteiger partial charge in [-0.2, -0.15) is 0 Å². The smallest absolute Gasteiger partial charge is 0.336 e. The first kappa shape index (κ1) is 22.7. The van der Waals surface area contributed by atoms with E-state index < -0.39 is 5.63 Å². The first-order chi connectivity index (χ1) is 17.1. The Morgan fingerprint density at radius 1 is 0.886 bits per heavy atom. The largest absolute Gasteiger partial charge is 0.497 e. The summed E-state index contributed by atoms with van der Waals surface area (Å²) in [6.45, 7) is 2.05. The van der Waals surface area contributed by atoms with Crippen LogP contribution in [0, 0.1) is 6.92 Å². The highest BCUT2D eigenvalue weighted by Gasteiger charge is 2.17. The van der Waals surface area contributed by atoms with Gasteiger partial charge in [0.25, 0.3) is 0 Å². The van der Waals surface area contributed by atoms with Gasteiger partial charge in [-0.15, -0.1) is 10.2 Å². The SMILES string of the molecule is COc1ccc(-c2nnc(SCc3cc(=O)oc4cc(OC)ccc34)n2-c2ccc(C)cc2)cc1. The van der Waals surface area contributed by atoms with E-state index in [0.29, 0.717) is 17.1 Å². The molecule has 7 nitrogen and oxygen atoms in total. The van der Waals surface area contributed by atoms with E-state index in [9.17, 15) is 4.79 Å². The Bertz CT molecular complexity index is 1540. The summed E-state index contributed by atoms with van der Waals surface area (Å²) in [4.78, 5) is 12.2. The Morgan fingerprint density at radius 2 is 1.60 bits per heavy atom. The van der Waals surface area contributed by atoms with Gasteiger partial charge in [-0.1, -0.05) is 29.5 Å². The highest BCUT2D eigenvalue weighted by Crippen LogP contribution is 2.32. The Hall–Kier alpha value is -4.04. The Balaban J connectivity index is 1.54. The van der Waals surface area contributed by atoms with Crippen molar-refractivity contribution >= 4 is 22.7 Å². The number of thioether (sulfide) groups is 1. The Kier molecular flexibility index (Phi) is 6.29. The van der Waals surface area contributed by atoms with E-state index >= 15 is 0 Å². The van der Waals surface area contributed by atoms with Gasteiger partial charge in [-0.25, -0.2) is 4.79 Å². The number of hydrogen-bond donors (Lipinski definition) is 0. The van der Waals surface area contributed by atoms with Crippen LogP contribution >= 0.6 is 11.8 Å². The predicted molar refractivity (Wildman–Crippen MR) is 137 cm³/mol. The maximum Gasteiger partial charge on any atom is 0.336 e. The van der Waals surface area contributed by atoms with Crippen molar-refractivity contribution in [2.45, 2.75) is 17.8 Å². The molecule has 0 amide bonds. The van der Waals surface area contributed by atoms with Crippen LogP contribution in [0.3, 0.4) is 0 Å².